The van der Waals surface area contributed by atoms with E-state index in [1.165, 1.54) is 17.8 Å². The van der Waals surface area contributed by atoms with Crippen LogP contribution in [0.1, 0.15) is 30.9 Å². The number of aromatic nitrogens is 1. The molecule has 1 saturated carbocycles. The Balaban J connectivity index is 2.24. The fourth-order valence-electron chi connectivity index (χ4n) is 1.85. The predicted molar refractivity (Wildman–Crippen MR) is 49.5 cm³/mol. The van der Waals surface area contributed by atoms with Gasteiger partial charge in [0.1, 0.15) is 0 Å². The molecule has 0 spiro atoms. The van der Waals surface area contributed by atoms with E-state index < -0.39 is 0 Å². The summed E-state index contributed by atoms with van der Waals surface area (Å²) in [6, 6.07) is 0.246. The Hall–Kier alpha value is -0.610. The van der Waals surface area contributed by atoms with Crippen molar-refractivity contribution in [3.8, 4) is 0 Å². The molecule has 1 fully saturated rings. The highest BCUT2D eigenvalue weighted by Gasteiger charge is 2.26. The summed E-state index contributed by atoms with van der Waals surface area (Å²) in [7, 11) is 0. The Kier molecular flexibility index (Phi) is 2.02. The average Bonchev–Trinajstić information content (AvgIpc) is 2.58. The van der Waals surface area contributed by atoms with Crippen LogP contribution in [0.15, 0.2) is 10.2 Å². The molecule has 3 N–H and O–H groups in total. The van der Waals surface area contributed by atoms with E-state index in [1.54, 1.807) is 0 Å². The topological polar surface area (TPSA) is 58.9 Å². The van der Waals surface area contributed by atoms with E-state index in [-0.39, 0.29) is 10.9 Å². The summed E-state index contributed by atoms with van der Waals surface area (Å²) in [5.41, 5.74) is 6.94. The monoisotopic (exact) mass is 184 g/mol. The van der Waals surface area contributed by atoms with E-state index in [0.717, 1.165) is 18.5 Å². The normalized spacial score (nSPS) is 29.4. The first kappa shape index (κ1) is 8.01. The third kappa shape index (κ3) is 1.32. The zero-order valence-corrected chi connectivity index (χ0v) is 7.56. The lowest BCUT2D eigenvalue weighted by molar-refractivity contribution is 0.600. The molecular formula is C8H12N2OS. The number of hydrogen-bond acceptors (Lipinski definition) is 3. The molecule has 0 bridgehead atoms. The lowest BCUT2D eigenvalue weighted by Gasteiger charge is -2.11. The summed E-state index contributed by atoms with van der Waals surface area (Å²) < 4.78 is 0. The number of hydrogen-bond donors (Lipinski definition) is 2. The van der Waals surface area contributed by atoms with Crippen molar-refractivity contribution in [1.82, 2.24) is 4.98 Å². The Morgan fingerprint density at radius 2 is 2.42 bits per heavy atom. The molecule has 2 unspecified atom stereocenters. The lowest BCUT2D eigenvalue weighted by Crippen LogP contribution is -2.23. The van der Waals surface area contributed by atoms with Gasteiger partial charge in [0.2, 0.25) is 0 Å². The van der Waals surface area contributed by atoms with Crippen LogP contribution in [0.3, 0.4) is 0 Å². The number of H-pyrrole nitrogens is 1. The molecule has 1 heterocycles. The molecule has 1 aliphatic carbocycles. The second kappa shape index (κ2) is 3.03. The minimum absolute atomic E-state index is 0.0316. The summed E-state index contributed by atoms with van der Waals surface area (Å²) in [5, 5.41) is 1.90. The molecule has 0 radical (unpaired) electrons. The summed E-state index contributed by atoms with van der Waals surface area (Å²) in [4.78, 5) is 13.7. The van der Waals surface area contributed by atoms with Gasteiger partial charge in [-0.1, -0.05) is 17.8 Å². The summed E-state index contributed by atoms with van der Waals surface area (Å²) in [6.07, 6.45) is 3.39. The molecule has 4 heteroatoms. The maximum atomic E-state index is 10.9. The number of rotatable bonds is 1. The smallest absolute Gasteiger partial charge is 0.304 e. The minimum atomic E-state index is 0.0316. The maximum Gasteiger partial charge on any atom is 0.304 e. The fraction of sp³-hybridized carbons (Fsp3) is 0.625. The second-order valence-corrected chi connectivity index (χ2v) is 4.15. The fourth-order valence-corrected chi connectivity index (χ4v) is 2.49. The third-order valence-electron chi connectivity index (χ3n) is 2.51. The standard InChI is InChI=1S/C8H12N2OS/c9-6-3-1-2-5(6)7-4-12-8(11)10-7/h4-6H,1-3,9H2,(H,10,11). The summed E-state index contributed by atoms with van der Waals surface area (Å²) >= 11 is 1.23. The van der Waals surface area contributed by atoms with Gasteiger partial charge in [-0.2, -0.15) is 0 Å². The average molecular weight is 184 g/mol. The highest BCUT2D eigenvalue weighted by atomic mass is 32.1. The van der Waals surface area contributed by atoms with Gasteiger partial charge in [0.05, 0.1) is 0 Å². The molecule has 66 valence electrons. The van der Waals surface area contributed by atoms with Crippen molar-refractivity contribution in [1.29, 1.82) is 0 Å². The van der Waals surface area contributed by atoms with Crippen LogP contribution in [0.2, 0.25) is 0 Å². The van der Waals surface area contributed by atoms with Crippen LogP contribution in [0.5, 0.6) is 0 Å². The van der Waals surface area contributed by atoms with Gasteiger partial charge in [-0.05, 0) is 12.8 Å². The van der Waals surface area contributed by atoms with E-state index >= 15 is 0 Å². The first-order valence-electron chi connectivity index (χ1n) is 4.20. The van der Waals surface area contributed by atoms with E-state index in [9.17, 15) is 4.79 Å². The molecule has 0 aliphatic heterocycles. The zero-order valence-electron chi connectivity index (χ0n) is 6.75. The van der Waals surface area contributed by atoms with Crippen molar-refractivity contribution in [3.05, 3.63) is 20.7 Å². The Labute approximate surface area is 74.6 Å². The first-order valence-corrected chi connectivity index (χ1v) is 5.08. The van der Waals surface area contributed by atoms with Crippen LogP contribution in [0, 0.1) is 0 Å². The van der Waals surface area contributed by atoms with Gasteiger partial charge in [0.25, 0.3) is 0 Å². The molecule has 0 amide bonds. The van der Waals surface area contributed by atoms with Crippen LogP contribution in [0.25, 0.3) is 0 Å². The minimum Gasteiger partial charge on any atom is -0.327 e. The maximum absolute atomic E-state index is 10.9. The van der Waals surface area contributed by atoms with Crippen molar-refractivity contribution < 1.29 is 0 Å². The summed E-state index contributed by atoms with van der Waals surface area (Å²) in [6.45, 7) is 0. The van der Waals surface area contributed by atoms with Crippen LogP contribution in [-0.2, 0) is 0 Å². The van der Waals surface area contributed by atoms with Crippen molar-refractivity contribution in [2.75, 3.05) is 0 Å². The Bertz CT molecular complexity index is 317. The third-order valence-corrected chi connectivity index (χ3v) is 3.20. The number of thiazole rings is 1. The zero-order chi connectivity index (χ0) is 8.55. The van der Waals surface area contributed by atoms with E-state index in [0.29, 0.717) is 5.92 Å². The van der Waals surface area contributed by atoms with Gasteiger partial charge in [-0.25, -0.2) is 0 Å². The number of aromatic amines is 1. The number of nitrogens with two attached hydrogens (primary N) is 1. The van der Waals surface area contributed by atoms with Crippen LogP contribution < -0.4 is 10.6 Å². The molecule has 12 heavy (non-hydrogen) atoms. The molecule has 1 aromatic rings. The van der Waals surface area contributed by atoms with Crippen LogP contribution in [0.4, 0.5) is 0 Å². The van der Waals surface area contributed by atoms with Crippen molar-refractivity contribution in [2.45, 2.75) is 31.2 Å². The largest absolute Gasteiger partial charge is 0.327 e. The van der Waals surface area contributed by atoms with Gasteiger partial charge in [-0.15, -0.1) is 0 Å². The highest BCUT2D eigenvalue weighted by molar-refractivity contribution is 7.07. The molecular weight excluding hydrogens is 172 g/mol. The van der Waals surface area contributed by atoms with Gasteiger partial charge in [0.15, 0.2) is 0 Å². The molecule has 2 atom stereocenters. The highest BCUT2D eigenvalue weighted by Crippen LogP contribution is 2.32. The van der Waals surface area contributed by atoms with Crippen molar-refractivity contribution in [2.24, 2.45) is 5.73 Å². The first-order chi connectivity index (χ1) is 5.77. The second-order valence-electron chi connectivity index (χ2n) is 3.30. The van der Waals surface area contributed by atoms with Crippen LogP contribution in [-0.4, -0.2) is 11.0 Å². The van der Waals surface area contributed by atoms with Gasteiger partial charge < -0.3 is 10.7 Å². The molecule has 0 aromatic carbocycles. The predicted octanol–water partition coefficient (Wildman–Crippen LogP) is 1.03. The Morgan fingerprint density at radius 1 is 1.58 bits per heavy atom. The molecule has 0 saturated heterocycles. The SMILES string of the molecule is NC1CCCC1c1csc(=O)[nH]1. The van der Waals surface area contributed by atoms with E-state index in [2.05, 4.69) is 4.98 Å². The van der Waals surface area contributed by atoms with Crippen molar-refractivity contribution in [3.63, 3.8) is 0 Å². The molecule has 1 aromatic heterocycles. The Morgan fingerprint density at radius 3 is 2.92 bits per heavy atom. The van der Waals surface area contributed by atoms with E-state index in [4.69, 9.17) is 5.73 Å². The van der Waals surface area contributed by atoms with E-state index in [1.807, 2.05) is 5.38 Å². The summed E-state index contributed by atoms with van der Waals surface area (Å²) in [5.74, 6) is 0.393. The molecule has 2 rings (SSSR count). The quantitative estimate of drug-likeness (QED) is 0.685. The van der Waals surface area contributed by atoms with Crippen molar-refractivity contribution >= 4 is 11.3 Å². The van der Waals surface area contributed by atoms with Crippen LogP contribution >= 0.6 is 11.3 Å². The molecule has 1 aliphatic rings. The van der Waals surface area contributed by atoms with Gasteiger partial charge in [0, 0.05) is 23.0 Å². The van der Waals surface area contributed by atoms with Gasteiger partial charge in [-0.3, -0.25) is 4.79 Å². The van der Waals surface area contributed by atoms with Gasteiger partial charge >= 0.3 is 4.87 Å². The lowest BCUT2D eigenvalue weighted by atomic mass is 10.0. The number of nitrogens with one attached hydrogen (secondary N) is 1. The molecule has 3 nitrogen and oxygen atoms in total.